The average molecular weight is 459 g/mol. The van der Waals surface area contributed by atoms with Gasteiger partial charge in [-0.05, 0) is 49.7 Å². The number of esters is 1. The molecule has 1 heterocycles. The molecule has 8 heteroatoms. The molecule has 3 aromatic rings. The minimum absolute atomic E-state index is 0.0508. The van der Waals surface area contributed by atoms with Gasteiger partial charge in [0.15, 0.2) is 5.13 Å². The lowest BCUT2D eigenvalue weighted by Crippen LogP contribution is -2.23. The maximum atomic E-state index is 12.9. The molecule has 0 aliphatic rings. The Bertz CT molecular complexity index is 1070. The van der Waals surface area contributed by atoms with Gasteiger partial charge in [-0.15, -0.1) is 23.1 Å². The molecule has 5 nitrogen and oxygen atoms in total. The van der Waals surface area contributed by atoms with Gasteiger partial charge in [0.25, 0.3) is 0 Å². The van der Waals surface area contributed by atoms with E-state index in [4.69, 9.17) is 4.74 Å². The summed E-state index contributed by atoms with van der Waals surface area (Å²) in [6.45, 7) is 5.51. The average Bonchev–Trinajstić information content (AvgIpc) is 3.18. The van der Waals surface area contributed by atoms with Crippen LogP contribution in [0, 0.1) is 19.7 Å². The number of nitrogens with zero attached hydrogens (tertiary/aromatic N) is 2. The van der Waals surface area contributed by atoms with Gasteiger partial charge in [-0.1, -0.05) is 17.7 Å². The molecule has 0 saturated heterocycles. The van der Waals surface area contributed by atoms with Crippen LogP contribution < -0.4 is 4.90 Å². The number of hydrogen-bond donors (Lipinski definition) is 0. The van der Waals surface area contributed by atoms with Crippen LogP contribution in [0.2, 0.25) is 0 Å². The highest BCUT2D eigenvalue weighted by atomic mass is 32.2. The maximum Gasteiger partial charge on any atom is 0.307 e. The third-order valence-electron chi connectivity index (χ3n) is 4.41. The monoisotopic (exact) mass is 458 g/mol. The lowest BCUT2D eigenvalue weighted by Gasteiger charge is -2.20. The molecule has 0 N–H and O–H groups in total. The topological polar surface area (TPSA) is 59.5 Å². The zero-order valence-corrected chi connectivity index (χ0v) is 19.2. The third-order valence-corrected chi connectivity index (χ3v) is 6.30. The Kier molecular flexibility index (Phi) is 7.81. The number of carbonyl (C=O) groups excluding carboxylic acids is 2. The predicted octanol–water partition coefficient (Wildman–Crippen LogP) is 5.81. The van der Waals surface area contributed by atoms with Crippen molar-refractivity contribution in [2.75, 3.05) is 10.7 Å². The van der Waals surface area contributed by atoms with Gasteiger partial charge in [0, 0.05) is 23.0 Å². The summed E-state index contributed by atoms with van der Waals surface area (Å²) in [5.41, 5.74) is 3.48. The smallest absolute Gasteiger partial charge is 0.307 e. The molecule has 162 valence electrons. The molecular weight excluding hydrogens is 435 g/mol. The van der Waals surface area contributed by atoms with E-state index >= 15 is 0 Å². The van der Waals surface area contributed by atoms with Gasteiger partial charge < -0.3 is 4.74 Å². The summed E-state index contributed by atoms with van der Waals surface area (Å²) < 4.78 is 18.2. The SMILES string of the molecule is CC(=O)N(c1nc(COC(=O)CCSc2ccc(F)cc2)cs1)c1ccc(C)cc1C. The van der Waals surface area contributed by atoms with Gasteiger partial charge in [-0.3, -0.25) is 14.5 Å². The zero-order valence-electron chi connectivity index (χ0n) is 17.6. The fourth-order valence-corrected chi connectivity index (χ4v) is 4.64. The van der Waals surface area contributed by atoms with Crippen molar-refractivity contribution in [2.45, 2.75) is 38.7 Å². The van der Waals surface area contributed by atoms with Gasteiger partial charge in [0.05, 0.1) is 17.8 Å². The highest BCUT2D eigenvalue weighted by molar-refractivity contribution is 7.99. The highest BCUT2D eigenvalue weighted by Gasteiger charge is 2.20. The number of anilines is 2. The van der Waals surface area contributed by atoms with Crippen LogP contribution in [0.4, 0.5) is 15.2 Å². The lowest BCUT2D eigenvalue weighted by atomic mass is 10.1. The number of aryl methyl sites for hydroxylation is 2. The van der Waals surface area contributed by atoms with Crippen LogP contribution in [0.5, 0.6) is 0 Å². The summed E-state index contributed by atoms with van der Waals surface area (Å²) in [5.74, 6) is -0.214. The fourth-order valence-electron chi connectivity index (χ4n) is 2.94. The van der Waals surface area contributed by atoms with Crippen LogP contribution >= 0.6 is 23.1 Å². The second-order valence-electron chi connectivity index (χ2n) is 6.98. The van der Waals surface area contributed by atoms with Crippen molar-refractivity contribution in [2.24, 2.45) is 0 Å². The van der Waals surface area contributed by atoms with Gasteiger partial charge in [-0.2, -0.15) is 0 Å². The van der Waals surface area contributed by atoms with Crippen LogP contribution in [0.15, 0.2) is 52.7 Å². The summed E-state index contributed by atoms with van der Waals surface area (Å²) in [5, 5.41) is 2.33. The number of rotatable bonds is 8. The van der Waals surface area contributed by atoms with E-state index in [9.17, 15) is 14.0 Å². The third kappa shape index (κ3) is 6.38. The number of thiazole rings is 1. The van der Waals surface area contributed by atoms with Gasteiger partial charge in [-0.25, -0.2) is 9.37 Å². The number of thioether (sulfide) groups is 1. The summed E-state index contributed by atoms with van der Waals surface area (Å²) >= 11 is 2.79. The molecule has 0 unspecified atom stereocenters. The van der Waals surface area contributed by atoms with Crippen molar-refractivity contribution in [3.05, 3.63) is 70.5 Å². The second-order valence-corrected chi connectivity index (χ2v) is 8.98. The number of amides is 1. The zero-order chi connectivity index (χ0) is 22.4. The summed E-state index contributed by atoms with van der Waals surface area (Å²) in [4.78, 5) is 31.3. The van der Waals surface area contributed by atoms with E-state index in [-0.39, 0.29) is 30.7 Å². The first-order valence-corrected chi connectivity index (χ1v) is 11.6. The molecule has 0 spiro atoms. The van der Waals surface area contributed by atoms with E-state index in [1.165, 1.54) is 42.2 Å². The van der Waals surface area contributed by atoms with Crippen molar-refractivity contribution >= 4 is 45.8 Å². The Hall–Kier alpha value is -2.71. The minimum atomic E-state index is -0.332. The first kappa shape index (κ1) is 23.0. The molecule has 1 aromatic heterocycles. The molecule has 0 bridgehead atoms. The highest BCUT2D eigenvalue weighted by Crippen LogP contribution is 2.32. The molecule has 0 saturated carbocycles. The normalized spacial score (nSPS) is 10.7. The van der Waals surface area contributed by atoms with Crippen LogP contribution in [0.1, 0.15) is 30.2 Å². The number of ether oxygens (including phenoxy) is 1. The van der Waals surface area contributed by atoms with E-state index in [0.717, 1.165) is 21.7 Å². The number of aromatic nitrogens is 1. The molecular formula is C23H23FN2O3S2. The maximum absolute atomic E-state index is 12.9. The molecule has 0 aliphatic carbocycles. The summed E-state index contributed by atoms with van der Waals surface area (Å²) in [7, 11) is 0. The largest absolute Gasteiger partial charge is 0.459 e. The summed E-state index contributed by atoms with van der Waals surface area (Å²) in [6, 6.07) is 12.0. The standard InChI is InChI=1S/C23H23FN2O3S2/c1-15-4-9-21(16(2)12-15)26(17(3)27)23-25-19(14-31-23)13-29-22(28)10-11-30-20-7-5-18(24)6-8-20/h4-9,12,14H,10-11,13H2,1-3H3. The van der Waals surface area contributed by atoms with Crippen LogP contribution in [0.25, 0.3) is 0 Å². The molecule has 3 rings (SSSR count). The van der Waals surface area contributed by atoms with E-state index in [2.05, 4.69) is 4.98 Å². The van der Waals surface area contributed by atoms with Crippen molar-refractivity contribution < 1.29 is 18.7 Å². The van der Waals surface area contributed by atoms with Gasteiger partial charge in [0.2, 0.25) is 5.91 Å². The number of hydrogen-bond acceptors (Lipinski definition) is 6. The summed E-state index contributed by atoms with van der Waals surface area (Å²) in [6.07, 6.45) is 0.237. The fraction of sp³-hybridized carbons (Fsp3) is 0.261. The first-order chi connectivity index (χ1) is 14.8. The van der Waals surface area contributed by atoms with Crippen molar-refractivity contribution in [3.63, 3.8) is 0 Å². The van der Waals surface area contributed by atoms with Crippen molar-refractivity contribution in [1.29, 1.82) is 0 Å². The Morgan fingerprint density at radius 2 is 1.90 bits per heavy atom. The van der Waals surface area contributed by atoms with Crippen LogP contribution in [-0.4, -0.2) is 22.6 Å². The van der Waals surface area contributed by atoms with Crippen molar-refractivity contribution in [3.8, 4) is 0 Å². The minimum Gasteiger partial charge on any atom is -0.459 e. The molecule has 0 atom stereocenters. The molecule has 0 aliphatic heterocycles. The van der Waals surface area contributed by atoms with Crippen molar-refractivity contribution in [1.82, 2.24) is 4.98 Å². The Morgan fingerprint density at radius 1 is 1.16 bits per heavy atom. The molecule has 0 fully saturated rings. The van der Waals surface area contributed by atoms with Gasteiger partial charge in [0.1, 0.15) is 12.4 Å². The van der Waals surface area contributed by atoms with E-state index < -0.39 is 0 Å². The molecule has 1 amide bonds. The Balaban J connectivity index is 1.55. The van der Waals surface area contributed by atoms with E-state index in [0.29, 0.717) is 16.6 Å². The second kappa shape index (κ2) is 10.5. The molecule has 0 radical (unpaired) electrons. The Labute approximate surface area is 189 Å². The van der Waals surface area contributed by atoms with Crippen LogP contribution in [0.3, 0.4) is 0 Å². The van der Waals surface area contributed by atoms with E-state index in [1.54, 1.807) is 22.4 Å². The first-order valence-electron chi connectivity index (χ1n) is 9.70. The number of carbonyl (C=O) groups is 2. The van der Waals surface area contributed by atoms with Crippen LogP contribution in [-0.2, 0) is 20.9 Å². The van der Waals surface area contributed by atoms with Gasteiger partial charge >= 0.3 is 5.97 Å². The van der Waals surface area contributed by atoms with E-state index in [1.807, 2.05) is 32.0 Å². The molecule has 31 heavy (non-hydrogen) atoms. The quantitative estimate of drug-likeness (QED) is 0.315. The Morgan fingerprint density at radius 3 is 2.58 bits per heavy atom. The lowest BCUT2D eigenvalue weighted by molar-refractivity contribution is -0.144. The number of benzene rings is 2. The molecule has 2 aromatic carbocycles. The predicted molar refractivity (Wildman–Crippen MR) is 122 cm³/mol. The number of halogens is 1.